The molecule has 0 heterocycles. The molecular weight excluding hydrogens is 412 g/mol. The van der Waals surface area contributed by atoms with Gasteiger partial charge in [-0.15, -0.1) is 6.42 Å². The van der Waals surface area contributed by atoms with Crippen LogP contribution >= 0.6 is 0 Å². The predicted molar refractivity (Wildman–Crippen MR) is 144 cm³/mol. The summed E-state index contributed by atoms with van der Waals surface area (Å²) in [5, 5.41) is 0. The first-order chi connectivity index (χ1) is 16.1. The van der Waals surface area contributed by atoms with E-state index in [-0.39, 0.29) is 28.8 Å². The maximum atomic E-state index is 6.19. The van der Waals surface area contributed by atoms with Crippen LogP contribution in [0.2, 0.25) is 0 Å². The van der Waals surface area contributed by atoms with Crippen molar-refractivity contribution in [2.45, 2.75) is 53.9 Å². The molecule has 0 bridgehead atoms. The second kappa shape index (κ2) is 8.66. The monoisotopic (exact) mass is 450 g/mol. The van der Waals surface area contributed by atoms with Gasteiger partial charge in [0.1, 0.15) is 12.4 Å². The van der Waals surface area contributed by atoms with E-state index in [0.717, 1.165) is 5.76 Å². The summed E-state index contributed by atoms with van der Waals surface area (Å²) in [7, 11) is 0. The molecule has 0 fully saturated rings. The second-order valence-corrected chi connectivity index (χ2v) is 11.7. The van der Waals surface area contributed by atoms with Crippen molar-refractivity contribution in [2.75, 3.05) is 6.61 Å². The minimum atomic E-state index is -0.248. The highest BCUT2D eigenvalue weighted by Crippen LogP contribution is 2.65. The summed E-state index contributed by atoms with van der Waals surface area (Å²) in [5.74, 6) is 4.03. The Morgan fingerprint density at radius 3 is 1.97 bits per heavy atom. The van der Waals surface area contributed by atoms with Crippen LogP contribution in [0.15, 0.2) is 84.2 Å². The molecule has 0 aromatic heterocycles. The zero-order chi connectivity index (χ0) is 24.7. The number of ether oxygens (including phenoxy) is 1. The van der Waals surface area contributed by atoms with E-state index in [0.29, 0.717) is 5.92 Å². The number of hydrogen-bond donors (Lipinski definition) is 0. The third kappa shape index (κ3) is 3.56. The topological polar surface area (TPSA) is 9.23 Å². The van der Waals surface area contributed by atoms with Crippen LogP contribution in [-0.2, 0) is 10.2 Å². The molecule has 2 unspecified atom stereocenters. The van der Waals surface area contributed by atoms with Crippen LogP contribution in [0.25, 0.3) is 11.1 Å². The van der Waals surface area contributed by atoms with Crippen molar-refractivity contribution >= 4 is 0 Å². The van der Waals surface area contributed by atoms with Gasteiger partial charge in [0.05, 0.1) is 0 Å². The number of fused-ring (bicyclic) bond motifs is 3. The molecule has 0 aliphatic heterocycles. The van der Waals surface area contributed by atoms with Gasteiger partial charge in [-0.25, -0.2) is 0 Å². The van der Waals surface area contributed by atoms with E-state index in [9.17, 15) is 0 Å². The fraction of sp³-hybridized carbons (Fsp3) is 0.394. The summed E-state index contributed by atoms with van der Waals surface area (Å²) in [6, 6.07) is 18.0. The molecule has 176 valence electrons. The molecule has 0 N–H and O–H groups in total. The van der Waals surface area contributed by atoms with Gasteiger partial charge in [0.2, 0.25) is 0 Å². The summed E-state index contributed by atoms with van der Waals surface area (Å²) in [4.78, 5) is 0. The lowest BCUT2D eigenvalue weighted by Gasteiger charge is -2.55. The highest BCUT2D eigenvalue weighted by molar-refractivity contribution is 5.82. The molecule has 2 aliphatic carbocycles. The Morgan fingerprint density at radius 1 is 0.941 bits per heavy atom. The van der Waals surface area contributed by atoms with Crippen LogP contribution in [0.5, 0.6) is 0 Å². The van der Waals surface area contributed by atoms with E-state index in [4.69, 9.17) is 11.2 Å². The lowest BCUT2D eigenvalue weighted by atomic mass is 9.47. The van der Waals surface area contributed by atoms with Gasteiger partial charge in [0.15, 0.2) is 0 Å². The van der Waals surface area contributed by atoms with Gasteiger partial charge in [-0.2, -0.15) is 0 Å². The normalized spacial score (nSPS) is 21.4. The Morgan fingerprint density at radius 2 is 1.50 bits per heavy atom. The molecule has 2 aliphatic rings. The smallest absolute Gasteiger partial charge is 0.148 e. The summed E-state index contributed by atoms with van der Waals surface area (Å²) in [6.45, 7) is 16.6. The van der Waals surface area contributed by atoms with Crippen LogP contribution in [-0.4, -0.2) is 6.61 Å². The SMILES string of the molecule is C#CCOC1=C(/C=C\C)C(C2(C(C)(C)C)c3ccccc3-c3ccccc32)C(C(C)(C)C)C=C1. The molecule has 4 rings (SSSR count). The first-order valence-electron chi connectivity index (χ1n) is 12.4. The molecule has 34 heavy (non-hydrogen) atoms. The minimum Gasteiger partial charge on any atom is -0.481 e. The molecule has 0 amide bonds. The molecule has 2 aromatic carbocycles. The molecular formula is C33H38O. The molecule has 2 aromatic rings. The van der Waals surface area contributed by atoms with Crippen molar-refractivity contribution in [3.8, 4) is 23.5 Å². The number of benzene rings is 2. The van der Waals surface area contributed by atoms with Crippen LogP contribution in [0, 0.1) is 35.0 Å². The van der Waals surface area contributed by atoms with E-state index >= 15 is 0 Å². The lowest BCUT2D eigenvalue weighted by molar-refractivity contribution is 0.0893. The van der Waals surface area contributed by atoms with Crippen molar-refractivity contribution in [3.05, 3.63) is 95.3 Å². The molecule has 0 saturated heterocycles. The standard InChI is InChI=1S/C33H38O/c1-9-15-25-29(34-22-10-2)21-20-28(31(3,4)5)30(25)33(32(6,7)8)26-18-13-11-16-23(26)24-17-12-14-19-27(24)33/h2,9,11-21,28,30H,22H2,1,3-8H3/b15-9-. The van der Waals surface area contributed by atoms with Gasteiger partial charge < -0.3 is 4.74 Å². The van der Waals surface area contributed by atoms with Crippen LogP contribution < -0.4 is 0 Å². The summed E-state index contributed by atoms with van der Waals surface area (Å²) in [5.41, 5.74) is 6.50. The van der Waals surface area contributed by atoms with Gasteiger partial charge in [0, 0.05) is 11.3 Å². The average Bonchev–Trinajstić information content (AvgIpc) is 3.09. The molecule has 2 atom stereocenters. The highest BCUT2D eigenvalue weighted by atomic mass is 16.5. The quantitative estimate of drug-likeness (QED) is 0.425. The number of rotatable bonds is 4. The first kappa shape index (κ1) is 24.2. The van der Waals surface area contributed by atoms with Crippen LogP contribution in [0.1, 0.15) is 59.6 Å². The fourth-order valence-electron chi connectivity index (χ4n) is 6.53. The van der Waals surface area contributed by atoms with Crippen LogP contribution in [0.3, 0.4) is 0 Å². The van der Waals surface area contributed by atoms with Crippen molar-refractivity contribution in [1.29, 1.82) is 0 Å². The Kier molecular flexibility index (Phi) is 6.15. The highest BCUT2D eigenvalue weighted by Gasteiger charge is 2.59. The van der Waals surface area contributed by atoms with Gasteiger partial charge >= 0.3 is 0 Å². The minimum absolute atomic E-state index is 0.0520. The van der Waals surface area contributed by atoms with Crippen molar-refractivity contribution < 1.29 is 4.74 Å². The molecule has 0 spiro atoms. The van der Waals surface area contributed by atoms with E-state index in [1.807, 2.05) is 0 Å². The Balaban J connectivity index is 2.16. The number of allylic oxidation sites excluding steroid dienone is 5. The van der Waals surface area contributed by atoms with E-state index in [1.165, 1.54) is 27.8 Å². The van der Waals surface area contributed by atoms with Gasteiger partial charge in [-0.1, -0.05) is 114 Å². The predicted octanol–water partition coefficient (Wildman–Crippen LogP) is 8.33. The first-order valence-corrected chi connectivity index (χ1v) is 12.4. The number of terminal acetylenes is 1. The second-order valence-electron chi connectivity index (χ2n) is 11.7. The van der Waals surface area contributed by atoms with E-state index in [2.05, 4.69) is 127 Å². The maximum absolute atomic E-state index is 6.19. The average molecular weight is 451 g/mol. The largest absolute Gasteiger partial charge is 0.481 e. The molecule has 1 heteroatoms. The van der Waals surface area contributed by atoms with Crippen molar-refractivity contribution in [1.82, 2.24) is 0 Å². The van der Waals surface area contributed by atoms with Gasteiger partial charge in [0.25, 0.3) is 0 Å². The van der Waals surface area contributed by atoms with Gasteiger partial charge in [-0.3, -0.25) is 0 Å². The zero-order valence-corrected chi connectivity index (χ0v) is 21.8. The van der Waals surface area contributed by atoms with Crippen LogP contribution in [0.4, 0.5) is 0 Å². The summed E-state index contributed by atoms with van der Waals surface area (Å²) >= 11 is 0. The van der Waals surface area contributed by atoms with Gasteiger partial charge in [-0.05, 0) is 57.6 Å². The Labute approximate surface area is 206 Å². The van der Waals surface area contributed by atoms with E-state index in [1.54, 1.807) is 0 Å². The molecule has 0 radical (unpaired) electrons. The zero-order valence-electron chi connectivity index (χ0n) is 21.8. The fourth-order valence-corrected chi connectivity index (χ4v) is 6.53. The third-order valence-corrected chi connectivity index (χ3v) is 7.73. The van der Waals surface area contributed by atoms with E-state index < -0.39 is 0 Å². The third-order valence-electron chi connectivity index (χ3n) is 7.73. The molecule has 1 nitrogen and oxygen atoms in total. The Hall–Kier alpha value is -2.98. The Bertz CT molecular complexity index is 1150. The summed E-state index contributed by atoms with van der Waals surface area (Å²) in [6.07, 6.45) is 14.5. The maximum Gasteiger partial charge on any atom is 0.148 e. The number of hydrogen-bond acceptors (Lipinski definition) is 1. The van der Waals surface area contributed by atoms with Crippen molar-refractivity contribution in [3.63, 3.8) is 0 Å². The summed E-state index contributed by atoms with van der Waals surface area (Å²) < 4.78 is 6.19. The lowest BCUT2D eigenvalue weighted by Crippen LogP contribution is -2.52. The molecule has 0 saturated carbocycles. The van der Waals surface area contributed by atoms with Crippen molar-refractivity contribution in [2.24, 2.45) is 22.7 Å².